The molecule has 1 N–H and O–H groups in total. The Hall–Kier alpha value is -0.460. The molecule has 2 fully saturated rings. The number of nitrogens with zero attached hydrogens (tertiary/aromatic N) is 1. The normalized spacial score (nSPS) is 25.9. The molecule has 0 bridgehead atoms. The van der Waals surface area contributed by atoms with Gasteiger partial charge in [-0.05, 0) is 25.5 Å². The number of carbonyl (C=O) groups excluding carboxylic acids is 1. The number of nitrogens with one attached hydrogen (secondary N) is 1. The van der Waals surface area contributed by atoms with Gasteiger partial charge in [0.05, 0.1) is 25.4 Å². The van der Waals surface area contributed by atoms with Gasteiger partial charge in [0, 0.05) is 25.4 Å². The van der Waals surface area contributed by atoms with Crippen LogP contribution in [0.5, 0.6) is 0 Å². The number of ether oxygens (including phenoxy) is 2. The lowest BCUT2D eigenvalue weighted by atomic mass is 10.3. The van der Waals surface area contributed by atoms with Crippen molar-refractivity contribution in [2.24, 2.45) is 0 Å². The van der Waals surface area contributed by atoms with Crippen LogP contribution in [0.4, 0.5) is 4.79 Å². The van der Waals surface area contributed by atoms with Crippen LogP contribution in [0, 0.1) is 0 Å². The van der Waals surface area contributed by atoms with Crippen molar-refractivity contribution in [2.45, 2.75) is 31.9 Å². The van der Waals surface area contributed by atoms with Crippen LogP contribution >= 0.6 is 11.8 Å². The standard InChI is InChI=1S/C13H24N2O3S/c1-11(9-18-12-3-6-17-10-12)14-13(16)15-4-2-7-19-8-5-15/h11-12H,2-10H2,1H3,(H,14,16)/t11-,12-/m1/s1. The molecule has 2 heterocycles. The summed E-state index contributed by atoms with van der Waals surface area (Å²) in [6.07, 6.45) is 2.25. The smallest absolute Gasteiger partial charge is 0.317 e. The molecule has 0 unspecified atom stereocenters. The average molecular weight is 288 g/mol. The van der Waals surface area contributed by atoms with Gasteiger partial charge >= 0.3 is 6.03 Å². The van der Waals surface area contributed by atoms with Crippen LogP contribution < -0.4 is 5.32 Å². The van der Waals surface area contributed by atoms with Crippen LogP contribution in [0.3, 0.4) is 0 Å². The minimum absolute atomic E-state index is 0.0428. The van der Waals surface area contributed by atoms with Gasteiger partial charge in [0.15, 0.2) is 0 Å². The predicted molar refractivity (Wildman–Crippen MR) is 76.7 cm³/mol. The van der Waals surface area contributed by atoms with Gasteiger partial charge in [-0.2, -0.15) is 11.8 Å². The van der Waals surface area contributed by atoms with Gasteiger partial charge in [0.2, 0.25) is 0 Å². The van der Waals surface area contributed by atoms with Gasteiger partial charge in [-0.3, -0.25) is 0 Å². The number of carbonyl (C=O) groups is 1. The molecule has 2 aliphatic rings. The highest BCUT2D eigenvalue weighted by atomic mass is 32.2. The Morgan fingerprint density at radius 2 is 2.42 bits per heavy atom. The van der Waals surface area contributed by atoms with E-state index in [1.807, 2.05) is 23.6 Å². The van der Waals surface area contributed by atoms with Crippen molar-refractivity contribution < 1.29 is 14.3 Å². The van der Waals surface area contributed by atoms with E-state index < -0.39 is 0 Å². The molecule has 2 atom stereocenters. The maximum atomic E-state index is 12.1. The van der Waals surface area contributed by atoms with Crippen LogP contribution in [-0.4, -0.2) is 67.5 Å². The summed E-state index contributed by atoms with van der Waals surface area (Å²) in [6, 6.07) is 0.0882. The summed E-state index contributed by atoms with van der Waals surface area (Å²) in [7, 11) is 0. The van der Waals surface area contributed by atoms with Gasteiger partial charge in [0.25, 0.3) is 0 Å². The van der Waals surface area contributed by atoms with Crippen molar-refractivity contribution in [1.29, 1.82) is 0 Å². The van der Waals surface area contributed by atoms with Gasteiger partial charge in [-0.1, -0.05) is 0 Å². The van der Waals surface area contributed by atoms with Gasteiger partial charge in [-0.15, -0.1) is 0 Å². The van der Waals surface area contributed by atoms with E-state index in [2.05, 4.69) is 5.32 Å². The molecule has 0 spiro atoms. The maximum Gasteiger partial charge on any atom is 0.317 e. The largest absolute Gasteiger partial charge is 0.379 e. The molecule has 6 heteroatoms. The summed E-state index contributed by atoms with van der Waals surface area (Å²) in [5, 5.41) is 3.01. The van der Waals surface area contributed by atoms with E-state index in [4.69, 9.17) is 9.47 Å². The molecule has 0 radical (unpaired) electrons. The highest BCUT2D eigenvalue weighted by molar-refractivity contribution is 7.99. The van der Waals surface area contributed by atoms with Crippen LogP contribution in [0.1, 0.15) is 19.8 Å². The lowest BCUT2D eigenvalue weighted by molar-refractivity contribution is 0.0331. The minimum atomic E-state index is 0.0428. The summed E-state index contributed by atoms with van der Waals surface area (Å²) < 4.78 is 11.0. The summed E-state index contributed by atoms with van der Waals surface area (Å²) in [5.41, 5.74) is 0. The maximum absolute atomic E-state index is 12.1. The third kappa shape index (κ3) is 5.20. The molecule has 110 valence electrons. The number of thioether (sulfide) groups is 1. The number of hydrogen-bond donors (Lipinski definition) is 1. The molecule has 0 aromatic carbocycles. The Bertz CT molecular complexity index is 277. The third-order valence-corrected chi connectivity index (χ3v) is 4.40. The molecule has 0 aliphatic carbocycles. The number of hydrogen-bond acceptors (Lipinski definition) is 4. The molecular formula is C13H24N2O3S. The summed E-state index contributed by atoms with van der Waals surface area (Å²) in [6.45, 7) is 5.73. The van der Waals surface area contributed by atoms with Crippen LogP contribution in [-0.2, 0) is 9.47 Å². The molecule has 2 aliphatic heterocycles. The predicted octanol–water partition coefficient (Wildman–Crippen LogP) is 1.33. The molecule has 19 heavy (non-hydrogen) atoms. The van der Waals surface area contributed by atoms with Crippen molar-refractivity contribution in [1.82, 2.24) is 10.2 Å². The fraction of sp³-hybridized carbons (Fsp3) is 0.923. The zero-order valence-corrected chi connectivity index (χ0v) is 12.4. The third-order valence-electron chi connectivity index (χ3n) is 3.35. The Morgan fingerprint density at radius 1 is 1.53 bits per heavy atom. The Kier molecular flexibility index (Phi) is 6.26. The van der Waals surface area contributed by atoms with Crippen molar-refractivity contribution >= 4 is 17.8 Å². The van der Waals surface area contributed by atoms with E-state index in [0.717, 1.165) is 44.0 Å². The average Bonchev–Trinajstić information content (AvgIpc) is 2.76. The Morgan fingerprint density at radius 3 is 3.21 bits per heavy atom. The summed E-state index contributed by atoms with van der Waals surface area (Å²) >= 11 is 1.92. The number of amides is 2. The van der Waals surface area contributed by atoms with Crippen molar-refractivity contribution in [3.05, 3.63) is 0 Å². The zero-order chi connectivity index (χ0) is 13.5. The Labute approximate surface area is 119 Å². The van der Waals surface area contributed by atoms with Crippen LogP contribution in [0.25, 0.3) is 0 Å². The van der Waals surface area contributed by atoms with Gasteiger partial charge in [0.1, 0.15) is 0 Å². The first-order valence-electron chi connectivity index (χ1n) is 7.08. The second-order valence-corrected chi connectivity index (χ2v) is 6.35. The molecule has 5 nitrogen and oxygen atoms in total. The topological polar surface area (TPSA) is 50.8 Å². The fourth-order valence-electron chi connectivity index (χ4n) is 2.22. The highest BCUT2D eigenvalue weighted by Gasteiger charge is 2.20. The molecule has 2 saturated heterocycles. The van der Waals surface area contributed by atoms with E-state index in [0.29, 0.717) is 13.2 Å². The van der Waals surface area contributed by atoms with Crippen molar-refractivity contribution in [3.63, 3.8) is 0 Å². The molecular weight excluding hydrogens is 264 g/mol. The van der Waals surface area contributed by atoms with E-state index in [1.54, 1.807) is 0 Å². The van der Waals surface area contributed by atoms with Crippen molar-refractivity contribution in [3.8, 4) is 0 Å². The van der Waals surface area contributed by atoms with E-state index in [1.165, 1.54) is 0 Å². The Balaban J connectivity index is 1.65. The minimum Gasteiger partial charge on any atom is -0.379 e. The van der Waals surface area contributed by atoms with E-state index in [9.17, 15) is 4.79 Å². The second kappa shape index (κ2) is 7.97. The lowest BCUT2D eigenvalue weighted by Gasteiger charge is -2.24. The van der Waals surface area contributed by atoms with Crippen LogP contribution in [0.15, 0.2) is 0 Å². The number of urea groups is 1. The highest BCUT2D eigenvalue weighted by Crippen LogP contribution is 2.11. The SMILES string of the molecule is C[C@H](CO[C@@H]1CCOC1)NC(=O)N1CCCSCC1. The monoisotopic (exact) mass is 288 g/mol. The summed E-state index contributed by atoms with van der Waals surface area (Å²) in [4.78, 5) is 14.0. The molecule has 2 rings (SSSR count). The van der Waals surface area contributed by atoms with Crippen molar-refractivity contribution in [2.75, 3.05) is 44.4 Å². The van der Waals surface area contributed by atoms with E-state index in [-0.39, 0.29) is 18.2 Å². The molecule has 0 saturated carbocycles. The quantitative estimate of drug-likeness (QED) is 0.848. The molecule has 0 aromatic heterocycles. The summed E-state index contributed by atoms with van der Waals surface area (Å²) in [5.74, 6) is 2.20. The fourth-order valence-corrected chi connectivity index (χ4v) is 3.10. The van der Waals surface area contributed by atoms with Crippen LogP contribution in [0.2, 0.25) is 0 Å². The molecule has 0 aromatic rings. The first-order chi connectivity index (χ1) is 9.25. The van der Waals surface area contributed by atoms with E-state index >= 15 is 0 Å². The lowest BCUT2D eigenvalue weighted by Crippen LogP contribution is -2.46. The zero-order valence-electron chi connectivity index (χ0n) is 11.6. The van der Waals surface area contributed by atoms with Gasteiger partial charge in [-0.25, -0.2) is 4.79 Å². The number of rotatable bonds is 4. The first-order valence-corrected chi connectivity index (χ1v) is 8.23. The van der Waals surface area contributed by atoms with Gasteiger partial charge < -0.3 is 19.7 Å². The second-order valence-electron chi connectivity index (χ2n) is 5.12. The first kappa shape index (κ1) is 14.9. The molecule has 2 amide bonds.